The number of ether oxygens (including phenoxy) is 2. The molecule has 1 saturated heterocycles. The molecule has 1 heterocycles. The summed E-state index contributed by atoms with van der Waals surface area (Å²) in [5.74, 6) is -0.616. The van der Waals surface area contributed by atoms with Gasteiger partial charge in [-0.15, -0.1) is 0 Å². The molecule has 3 rings (SSSR count). The monoisotopic (exact) mass is 379 g/mol. The van der Waals surface area contributed by atoms with E-state index in [2.05, 4.69) is 4.72 Å². The van der Waals surface area contributed by atoms with Crippen LogP contribution in [0.3, 0.4) is 0 Å². The van der Waals surface area contributed by atoms with Crippen molar-refractivity contribution in [2.45, 2.75) is 55.5 Å². The number of rotatable bonds is 3. The van der Waals surface area contributed by atoms with Gasteiger partial charge >= 0.3 is 6.18 Å². The first-order valence-electron chi connectivity index (χ1n) is 8.09. The maximum absolute atomic E-state index is 13.0. The van der Waals surface area contributed by atoms with Crippen molar-refractivity contribution < 1.29 is 31.1 Å². The first-order chi connectivity index (χ1) is 11.6. The van der Waals surface area contributed by atoms with E-state index >= 15 is 0 Å². The van der Waals surface area contributed by atoms with E-state index in [1.165, 1.54) is 19.1 Å². The Labute approximate surface area is 144 Å². The fraction of sp³-hybridized carbons (Fsp3) is 0.625. The Kier molecular flexibility index (Phi) is 4.87. The Morgan fingerprint density at radius 1 is 1.16 bits per heavy atom. The third-order valence-corrected chi connectivity index (χ3v) is 6.23. The van der Waals surface area contributed by atoms with Gasteiger partial charge in [0.1, 0.15) is 0 Å². The molecule has 0 amide bonds. The number of hydrogen-bond donors (Lipinski definition) is 1. The summed E-state index contributed by atoms with van der Waals surface area (Å²) in [6.07, 6.45) is -2.46. The number of aryl methyl sites for hydroxylation is 1. The van der Waals surface area contributed by atoms with Crippen molar-refractivity contribution in [2.75, 3.05) is 13.2 Å². The number of nitrogens with one attached hydrogen (secondary N) is 1. The quantitative estimate of drug-likeness (QED) is 0.877. The van der Waals surface area contributed by atoms with Crippen LogP contribution >= 0.6 is 0 Å². The summed E-state index contributed by atoms with van der Waals surface area (Å²) in [7, 11) is -4.03. The topological polar surface area (TPSA) is 64.6 Å². The highest BCUT2D eigenvalue weighted by Crippen LogP contribution is 2.37. The van der Waals surface area contributed by atoms with E-state index in [9.17, 15) is 21.6 Å². The number of alkyl halides is 3. The largest absolute Gasteiger partial charge is 0.416 e. The van der Waals surface area contributed by atoms with Crippen molar-refractivity contribution in [3.63, 3.8) is 0 Å². The van der Waals surface area contributed by atoms with Gasteiger partial charge in [-0.05, 0) is 37.5 Å². The SMILES string of the molecule is Cc1ccc(S(=O)(=O)NC2CCC3(CC2)OCCO3)cc1C(F)(F)F. The molecule has 1 aromatic rings. The molecule has 9 heteroatoms. The van der Waals surface area contributed by atoms with Gasteiger partial charge in [0.05, 0.1) is 23.7 Å². The highest BCUT2D eigenvalue weighted by Gasteiger charge is 2.41. The first kappa shape index (κ1) is 18.6. The number of sulfonamides is 1. The molecule has 2 aliphatic rings. The predicted octanol–water partition coefficient (Wildman–Crippen LogP) is 2.98. The highest BCUT2D eigenvalue weighted by atomic mass is 32.2. The molecular weight excluding hydrogens is 359 g/mol. The minimum absolute atomic E-state index is 0.0124. The zero-order chi connectivity index (χ0) is 18.3. The van der Waals surface area contributed by atoms with Crippen molar-refractivity contribution in [3.8, 4) is 0 Å². The number of benzene rings is 1. The summed E-state index contributed by atoms with van der Waals surface area (Å²) in [5, 5.41) is 0. The first-order valence-corrected chi connectivity index (χ1v) is 9.58. The van der Waals surface area contributed by atoms with Crippen LogP contribution in [-0.2, 0) is 25.7 Å². The van der Waals surface area contributed by atoms with Crippen LogP contribution in [0.4, 0.5) is 13.2 Å². The molecule has 0 aromatic heterocycles. The van der Waals surface area contributed by atoms with Gasteiger partial charge in [-0.3, -0.25) is 0 Å². The minimum Gasteiger partial charge on any atom is -0.348 e. The van der Waals surface area contributed by atoms with Crippen molar-refractivity contribution in [1.82, 2.24) is 4.72 Å². The summed E-state index contributed by atoms with van der Waals surface area (Å²) in [4.78, 5) is -0.376. The maximum atomic E-state index is 13.0. The molecule has 1 aromatic carbocycles. The van der Waals surface area contributed by atoms with Crippen molar-refractivity contribution in [1.29, 1.82) is 0 Å². The summed E-state index contributed by atoms with van der Waals surface area (Å²) in [6.45, 7) is 2.36. The second-order valence-corrected chi connectivity index (χ2v) is 8.19. The van der Waals surface area contributed by atoms with E-state index in [1.807, 2.05) is 0 Å². The van der Waals surface area contributed by atoms with Crippen LogP contribution in [0.5, 0.6) is 0 Å². The summed E-state index contributed by atoms with van der Waals surface area (Å²) in [5.41, 5.74) is -0.952. The molecular formula is C16H20F3NO4S. The van der Waals surface area contributed by atoms with Crippen LogP contribution in [0.1, 0.15) is 36.8 Å². The second-order valence-electron chi connectivity index (χ2n) is 6.48. The molecule has 0 atom stereocenters. The molecule has 25 heavy (non-hydrogen) atoms. The Morgan fingerprint density at radius 2 is 1.76 bits per heavy atom. The molecule has 1 spiro atoms. The Bertz CT molecular complexity index is 732. The zero-order valence-corrected chi connectivity index (χ0v) is 14.5. The third-order valence-electron chi connectivity index (χ3n) is 4.71. The lowest BCUT2D eigenvalue weighted by Gasteiger charge is -2.35. The van der Waals surface area contributed by atoms with E-state index < -0.39 is 27.6 Å². The van der Waals surface area contributed by atoms with Crippen LogP contribution in [0.15, 0.2) is 23.1 Å². The number of hydrogen-bond acceptors (Lipinski definition) is 4. The molecule has 0 bridgehead atoms. The van der Waals surface area contributed by atoms with Crippen molar-refractivity contribution in [3.05, 3.63) is 29.3 Å². The maximum Gasteiger partial charge on any atom is 0.416 e. The molecule has 2 fully saturated rings. The molecule has 0 radical (unpaired) electrons. The Balaban J connectivity index is 1.72. The van der Waals surface area contributed by atoms with E-state index in [-0.39, 0.29) is 16.5 Å². The fourth-order valence-corrected chi connectivity index (χ4v) is 4.65. The molecule has 5 nitrogen and oxygen atoms in total. The Morgan fingerprint density at radius 3 is 2.32 bits per heavy atom. The van der Waals surface area contributed by atoms with E-state index in [0.29, 0.717) is 45.0 Å². The summed E-state index contributed by atoms with van der Waals surface area (Å²) in [6, 6.07) is 2.71. The summed E-state index contributed by atoms with van der Waals surface area (Å²) < 4.78 is 77.6. The minimum atomic E-state index is -4.59. The molecule has 1 aliphatic heterocycles. The fourth-order valence-electron chi connectivity index (χ4n) is 3.32. The van der Waals surface area contributed by atoms with E-state index in [1.54, 1.807) is 0 Å². The molecule has 1 aliphatic carbocycles. The van der Waals surface area contributed by atoms with Gasteiger partial charge in [-0.1, -0.05) is 6.07 Å². The summed E-state index contributed by atoms with van der Waals surface area (Å²) >= 11 is 0. The highest BCUT2D eigenvalue weighted by molar-refractivity contribution is 7.89. The van der Waals surface area contributed by atoms with Crippen LogP contribution in [-0.4, -0.2) is 33.5 Å². The smallest absolute Gasteiger partial charge is 0.348 e. The lowest BCUT2D eigenvalue weighted by atomic mass is 9.91. The normalized spacial score (nSPS) is 21.8. The standard InChI is InChI=1S/C16H20F3NO4S/c1-11-2-3-13(10-14(11)16(17,18)19)25(21,22)20-12-4-6-15(7-5-12)23-8-9-24-15/h2-3,10,12,20H,4-9H2,1H3. The van der Waals surface area contributed by atoms with Crippen LogP contribution < -0.4 is 4.72 Å². The average Bonchev–Trinajstić information content (AvgIpc) is 2.97. The van der Waals surface area contributed by atoms with Gasteiger partial charge in [0.15, 0.2) is 5.79 Å². The molecule has 0 unspecified atom stereocenters. The van der Waals surface area contributed by atoms with E-state index in [4.69, 9.17) is 9.47 Å². The van der Waals surface area contributed by atoms with Gasteiger partial charge in [0, 0.05) is 18.9 Å². The average molecular weight is 379 g/mol. The van der Waals surface area contributed by atoms with E-state index in [0.717, 1.165) is 0 Å². The molecule has 1 N–H and O–H groups in total. The van der Waals surface area contributed by atoms with Gasteiger partial charge in [0.25, 0.3) is 0 Å². The zero-order valence-electron chi connectivity index (χ0n) is 13.7. The molecule has 140 valence electrons. The van der Waals surface area contributed by atoms with Crippen LogP contribution in [0.25, 0.3) is 0 Å². The predicted molar refractivity (Wildman–Crippen MR) is 83.4 cm³/mol. The van der Waals surface area contributed by atoms with Crippen molar-refractivity contribution >= 4 is 10.0 Å². The van der Waals surface area contributed by atoms with Gasteiger partial charge in [-0.2, -0.15) is 13.2 Å². The van der Waals surface area contributed by atoms with Gasteiger partial charge < -0.3 is 9.47 Å². The Hall–Kier alpha value is -1.16. The van der Waals surface area contributed by atoms with Gasteiger partial charge in [0.2, 0.25) is 10.0 Å². The van der Waals surface area contributed by atoms with Crippen molar-refractivity contribution in [2.24, 2.45) is 0 Å². The third kappa shape index (κ3) is 3.99. The van der Waals surface area contributed by atoms with Crippen LogP contribution in [0.2, 0.25) is 0 Å². The van der Waals surface area contributed by atoms with Gasteiger partial charge in [-0.25, -0.2) is 13.1 Å². The van der Waals surface area contributed by atoms with Crippen LogP contribution in [0, 0.1) is 6.92 Å². The molecule has 1 saturated carbocycles. The lowest BCUT2D eigenvalue weighted by molar-refractivity contribution is -0.178. The second kappa shape index (κ2) is 6.53. The lowest BCUT2D eigenvalue weighted by Crippen LogP contribution is -2.44. The number of halogens is 3.